The third-order valence-corrected chi connectivity index (χ3v) is 5.45. The van der Waals surface area contributed by atoms with Crippen LogP contribution < -0.4 is 5.32 Å². The normalized spacial score (nSPS) is 22.0. The molecule has 1 heterocycles. The van der Waals surface area contributed by atoms with E-state index in [9.17, 15) is 22.0 Å². The van der Waals surface area contributed by atoms with Crippen molar-refractivity contribution in [1.29, 1.82) is 0 Å². The third kappa shape index (κ3) is 4.00. The Bertz CT molecular complexity index is 646. The van der Waals surface area contributed by atoms with Crippen LogP contribution in [0.2, 0.25) is 0 Å². The fraction of sp³-hybridized carbons (Fsp3) is 0.500. The minimum Gasteiger partial charge on any atom is -0.355 e. The predicted molar refractivity (Wildman–Crippen MR) is 74.5 cm³/mol. The number of hydrogen-bond donors (Lipinski definition) is 1. The molecule has 2 rings (SSSR count). The highest BCUT2D eigenvalue weighted by atomic mass is 32.2. The first-order chi connectivity index (χ1) is 9.78. The highest BCUT2D eigenvalue weighted by molar-refractivity contribution is 7.91. The topological polar surface area (TPSA) is 63.2 Å². The van der Waals surface area contributed by atoms with Gasteiger partial charge in [-0.25, -0.2) is 17.2 Å². The molecule has 0 saturated carbocycles. The second kappa shape index (κ2) is 6.09. The maximum atomic E-state index is 13.6. The van der Waals surface area contributed by atoms with Gasteiger partial charge in [-0.05, 0) is 18.1 Å². The monoisotopic (exact) mass is 317 g/mol. The van der Waals surface area contributed by atoms with Crippen molar-refractivity contribution in [2.75, 3.05) is 18.1 Å². The lowest BCUT2D eigenvalue weighted by Gasteiger charge is -2.15. The van der Waals surface area contributed by atoms with Crippen LogP contribution in [0.1, 0.15) is 24.8 Å². The van der Waals surface area contributed by atoms with E-state index in [1.54, 1.807) is 6.92 Å². The molecule has 0 spiro atoms. The molecule has 1 saturated heterocycles. The Hall–Kier alpha value is -1.50. The van der Waals surface area contributed by atoms with Gasteiger partial charge < -0.3 is 5.32 Å². The second-order valence-corrected chi connectivity index (χ2v) is 7.64. The smallest absolute Gasteiger partial charge is 0.224 e. The zero-order valence-electron chi connectivity index (χ0n) is 11.6. The molecule has 1 N–H and O–H groups in total. The Morgan fingerprint density at radius 3 is 2.71 bits per heavy atom. The van der Waals surface area contributed by atoms with Gasteiger partial charge in [0.05, 0.1) is 17.4 Å². The van der Waals surface area contributed by atoms with Crippen LogP contribution in [0.5, 0.6) is 0 Å². The van der Waals surface area contributed by atoms with E-state index < -0.39 is 27.4 Å². The molecule has 2 atom stereocenters. The first-order valence-corrected chi connectivity index (χ1v) is 8.54. The van der Waals surface area contributed by atoms with Gasteiger partial charge in [0.2, 0.25) is 5.91 Å². The molecule has 7 heteroatoms. The number of amides is 1. The maximum Gasteiger partial charge on any atom is 0.224 e. The second-order valence-electron chi connectivity index (χ2n) is 5.41. The van der Waals surface area contributed by atoms with Gasteiger partial charge in [-0.1, -0.05) is 13.0 Å². The first-order valence-electron chi connectivity index (χ1n) is 6.71. The average molecular weight is 317 g/mol. The van der Waals surface area contributed by atoms with Crippen molar-refractivity contribution < 1.29 is 22.0 Å². The fourth-order valence-electron chi connectivity index (χ4n) is 2.41. The van der Waals surface area contributed by atoms with Gasteiger partial charge in [0.25, 0.3) is 0 Å². The van der Waals surface area contributed by atoms with Crippen LogP contribution in [0.3, 0.4) is 0 Å². The van der Waals surface area contributed by atoms with E-state index in [0.29, 0.717) is 12.0 Å². The fourth-order valence-corrected chi connectivity index (χ4v) is 4.15. The molecule has 1 amide bonds. The number of carbonyl (C=O) groups excluding carboxylic acids is 1. The first kappa shape index (κ1) is 15.9. The van der Waals surface area contributed by atoms with Crippen molar-refractivity contribution in [2.24, 2.45) is 5.92 Å². The quantitative estimate of drug-likeness (QED) is 0.918. The van der Waals surface area contributed by atoms with Crippen molar-refractivity contribution in [3.8, 4) is 0 Å². The molecule has 0 aromatic heterocycles. The average Bonchev–Trinajstić information content (AvgIpc) is 2.76. The van der Waals surface area contributed by atoms with Crippen LogP contribution in [0.15, 0.2) is 18.2 Å². The summed E-state index contributed by atoms with van der Waals surface area (Å²) in [6.45, 7) is 1.89. The molecule has 1 aliphatic rings. The van der Waals surface area contributed by atoms with Gasteiger partial charge in [0.15, 0.2) is 9.84 Å². The molecule has 21 heavy (non-hydrogen) atoms. The number of halogens is 2. The van der Waals surface area contributed by atoms with Crippen LogP contribution in [0.25, 0.3) is 0 Å². The summed E-state index contributed by atoms with van der Waals surface area (Å²) in [6.07, 6.45) is 0.327. The molecular weight excluding hydrogens is 300 g/mol. The van der Waals surface area contributed by atoms with Crippen LogP contribution in [0.4, 0.5) is 8.78 Å². The molecule has 0 aliphatic carbocycles. The van der Waals surface area contributed by atoms with E-state index in [1.165, 1.54) is 12.1 Å². The third-order valence-electron chi connectivity index (χ3n) is 3.68. The Morgan fingerprint density at radius 1 is 1.43 bits per heavy atom. The molecule has 116 valence electrons. The number of benzene rings is 1. The van der Waals surface area contributed by atoms with Crippen LogP contribution >= 0.6 is 0 Å². The van der Waals surface area contributed by atoms with Gasteiger partial charge in [0, 0.05) is 18.5 Å². The zero-order valence-corrected chi connectivity index (χ0v) is 12.4. The highest BCUT2D eigenvalue weighted by Crippen LogP contribution is 2.21. The Balaban J connectivity index is 1.92. The van der Waals surface area contributed by atoms with Crippen molar-refractivity contribution in [3.63, 3.8) is 0 Å². The lowest BCUT2D eigenvalue weighted by molar-refractivity contribution is -0.124. The van der Waals surface area contributed by atoms with Crippen molar-refractivity contribution in [3.05, 3.63) is 35.4 Å². The molecule has 4 nitrogen and oxygen atoms in total. The summed E-state index contributed by atoms with van der Waals surface area (Å²) >= 11 is 0. The molecule has 0 radical (unpaired) electrons. The minimum atomic E-state index is -3.11. The predicted octanol–water partition coefficient (Wildman–Crippen LogP) is 1.62. The summed E-state index contributed by atoms with van der Waals surface area (Å²) in [7, 11) is -3.11. The summed E-state index contributed by atoms with van der Waals surface area (Å²) in [5, 5.41) is 2.64. The van der Waals surface area contributed by atoms with Gasteiger partial charge in [-0.2, -0.15) is 0 Å². The van der Waals surface area contributed by atoms with E-state index in [4.69, 9.17) is 0 Å². The lowest BCUT2D eigenvalue weighted by atomic mass is 10.00. The maximum absolute atomic E-state index is 13.6. The number of rotatable bonds is 4. The summed E-state index contributed by atoms with van der Waals surface area (Å²) in [4.78, 5) is 11.9. The minimum absolute atomic E-state index is 0.0350. The molecule has 1 fully saturated rings. The van der Waals surface area contributed by atoms with Crippen molar-refractivity contribution >= 4 is 15.7 Å². The largest absolute Gasteiger partial charge is 0.355 e. The van der Waals surface area contributed by atoms with Crippen LogP contribution in [-0.2, 0) is 14.6 Å². The SMILES string of the molecule is CC(CNC(=O)C1CCS(=O)(=O)C1)c1ccc(F)cc1F. The summed E-state index contributed by atoms with van der Waals surface area (Å²) in [5.41, 5.74) is 0.316. The summed E-state index contributed by atoms with van der Waals surface area (Å²) in [5.74, 6) is -2.58. The van der Waals surface area contributed by atoms with E-state index in [0.717, 1.165) is 6.07 Å². The number of sulfone groups is 1. The van der Waals surface area contributed by atoms with Gasteiger partial charge in [-0.3, -0.25) is 4.79 Å². The molecular formula is C14H17F2NO3S. The molecule has 1 aromatic rings. The Labute approximate surface area is 122 Å². The van der Waals surface area contributed by atoms with E-state index in [-0.39, 0.29) is 29.9 Å². The van der Waals surface area contributed by atoms with E-state index >= 15 is 0 Å². The number of carbonyl (C=O) groups is 1. The van der Waals surface area contributed by atoms with Gasteiger partial charge in [-0.15, -0.1) is 0 Å². The van der Waals surface area contributed by atoms with Crippen molar-refractivity contribution in [2.45, 2.75) is 19.3 Å². The Morgan fingerprint density at radius 2 is 2.14 bits per heavy atom. The summed E-state index contributed by atoms with van der Waals surface area (Å²) in [6, 6.07) is 3.32. The van der Waals surface area contributed by atoms with Crippen molar-refractivity contribution in [1.82, 2.24) is 5.32 Å². The van der Waals surface area contributed by atoms with Gasteiger partial charge in [0.1, 0.15) is 11.6 Å². The van der Waals surface area contributed by atoms with Crippen LogP contribution in [-0.4, -0.2) is 32.4 Å². The molecule has 0 bridgehead atoms. The standard InChI is InChI=1S/C14H17F2NO3S/c1-9(12-3-2-11(15)6-13(12)16)7-17-14(18)10-4-5-21(19,20)8-10/h2-3,6,9-10H,4-5,7-8H2,1H3,(H,17,18). The highest BCUT2D eigenvalue weighted by Gasteiger charge is 2.32. The summed E-state index contributed by atoms with van der Waals surface area (Å²) < 4.78 is 49.1. The molecule has 1 aromatic carbocycles. The van der Waals surface area contributed by atoms with Crippen LogP contribution in [0, 0.1) is 17.6 Å². The van der Waals surface area contributed by atoms with Gasteiger partial charge >= 0.3 is 0 Å². The number of hydrogen-bond acceptors (Lipinski definition) is 3. The lowest BCUT2D eigenvalue weighted by Crippen LogP contribution is -2.34. The Kier molecular flexibility index (Phi) is 4.61. The molecule has 1 aliphatic heterocycles. The number of nitrogens with one attached hydrogen (secondary N) is 1. The molecule has 2 unspecified atom stereocenters. The zero-order chi connectivity index (χ0) is 15.6. The van der Waals surface area contributed by atoms with E-state index in [1.807, 2.05) is 0 Å². The van der Waals surface area contributed by atoms with E-state index in [2.05, 4.69) is 5.32 Å².